The first-order valence-corrected chi connectivity index (χ1v) is 21.1. The van der Waals surface area contributed by atoms with Crippen LogP contribution < -0.4 is 4.74 Å². The van der Waals surface area contributed by atoms with Gasteiger partial charge in [-0.1, -0.05) is 6.42 Å². The SMILES string of the molecule is COc1ccc(C2=[N+]3C(=Cc4c(C)cc(CCC(=O)CC(CS(=O)(=O)O)C(=O)CCCCCC(=O)ON5C(=O)CCC5=O)n4[B-]3(F)F)C(CCC[N+](C)(C)C)=C2)cc1. The number of hydrogen-bond donors (Lipinski definition) is 1. The minimum atomic E-state index is -4.65. The Morgan fingerprint density at radius 3 is 2.22 bits per heavy atom. The summed E-state index contributed by atoms with van der Waals surface area (Å²) < 4.78 is 75.6. The van der Waals surface area contributed by atoms with Crippen molar-refractivity contribution >= 4 is 58.2 Å². The molecule has 0 radical (unpaired) electrons. The van der Waals surface area contributed by atoms with Crippen LogP contribution in [0.1, 0.15) is 93.1 Å². The number of nitrogens with zero attached hydrogens (tertiary/aromatic N) is 4. The summed E-state index contributed by atoms with van der Waals surface area (Å²) in [5, 5.41) is 0.447. The topological polar surface area (TPSA) is 169 Å². The summed E-state index contributed by atoms with van der Waals surface area (Å²) in [5.74, 6) is -4.84. The van der Waals surface area contributed by atoms with Crippen LogP contribution in [0.5, 0.6) is 5.75 Å². The molecule has 1 aromatic carbocycles. The zero-order valence-corrected chi connectivity index (χ0v) is 34.5. The van der Waals surface area contributed by atoms with E-state index in [-0.39, 0.29) is 57.1 Å². The number of hydrogen-bond acceptors (Lipinski definition) is 9. The third-order valence-corrected chi connectivity index (χ3v) is 11.4. The number of imide groups is 1. The van der Waals surface area contributed by atoms with Gasteiger partial charge in [-0.05, 0) is 74.2 Å². The number of ketones is 2. The van der Waals surface area contributed by atoms with Gasteiger partial charge in [0.15, 0.2) is 11.4 Å². The molecule has 14 nitrogen and oxygen atoms in total. The van der Waals surface area contributed by atoms with E-state index in [1.165, 1.54) is 7.11 Å². The normalized spacial score (nSPS) is 16.9. The lowest BCUT2D eigenvalue weighted by molar-refractivity contribution is -0.870. The molecule has 2 aromatic rings. The molecule has 1 aromatic heterocycles. The number of quaternary nitrogens is 1. The Hall–Kier alpha value is -4.81. The molecule has 58 heavy (non-hydrogen) atoms. The van der Waals surface area contributed by atoms with Crippen LogP contribution in [-0.2, 0) is 45.3 Å². The van der Waals surface area contributed by atoms with Gasteiger partial charge in [0.1, 0.15) is 17.3 Å². The second-order valence-electron chi connectivity index (χ2n) is 16.2. The molecule has 0 spiro atoms. The summed E-state index contributed by atoms with van der Waals surface area (Å²) in [5.41, 5.74) is 3.31. The number of methoxy groups -OCH3 is 1. The minimum Gasteiger partial charge on any atom is -0.497 e. The smallest absolute Gasteiger partial charge is 0.497 e. The highest BCUT2D eigenvalue weighted by atomic mass is 32.2. The number of benzene rings is 1. The summed E-state index contributed by atoms with van der Waals surface area (Å²) in [4.78, 5) is 66.6. The summed E-state index contributed by atoms with van der Waals surface area (Å²) in [6.07, 6.45) is 4.56. The molecule has 1 unspecified atom stereocenters. The molecule has 3 aliphatic rings. The van der Waals surface area contributed by atoms with Crippen LogP contribution >= 0.6 is 0 Å². The van der Waals surface area contributed by atoms with Crippen molar-refractivity contribution in [2.45, 2.75) is 84.0 Å². The Bertz CT molecular complexity index is 2160. The van der Waals surface area contributed by atoms with E-state index in [1.807, 2.05) is 6.08 Å². The lowest BCUT2D eigenvalue weighted by atomic mass is 9.88. The average Bonchev–Trinajstić information content (AvgIpc) is 3.78. The van der Waals surface area contributed by atoms with Gasteiger partial charge in [-0.25, -0.2) is 4.79 Å². The van der Waals surface area contributed by atoms with Crippen LogP contribution in [-0.4, -0.2) is 114 Å². The average molecular weight is 830 g/mol. The van der Waals surface area contributed by atoms with Crippen molar-refractivity contribution in [3.63, 3.8) is 0 Å². The number of Topliss-reactive ketones (excluding diaryl/α,β-unsaturated/α-hetero) is 2. The van der Waals surface area contributed by atoms with Crippen LogP contribution in [0.3, 0.4) is 0 Å². The number of rotatable bonds is 21. The minimum absolute atomic E-state index is 0.0362. The highest BCUT2D eigenvalue weighted by Crippen LogP contribution is 2.40. The molecule has 1 N–H and O–H groups in total. The highest BCUT2D eigenvalue weighted by Gasteiger charge is 2.54. The van der Waals surface area contributed by atoms with Crippen LogP contribution in [0.4, 0.5) is 8.63 Å². The van der Waals surface area contributed by atoms with Crippen LogP contribution in [0.25, 0.3) is 6.08 Å². The Balaban J connectivity index is 1.27. The van der Waals surface area contributed by atoms with E-state index in [4.69, 9.17) is 9.57 Å². The fourth-order valence-electron chi connectivity index (χ4n) is 7.66. The van der Waals surface area contributed by atoms with Crippen molar-refractivity contribution < 1.29 is 64.1 Å². The lowest BCUT2D eigenvalue weighted by Crippen LogP contribution is -2.51. The second kappa shape index (κ2) is 18.0. The molecule has 0 saturated carbocycles. The number of carbonyl (C=O) groups excluding carboxylic acids is 5. The maximum Gasteiger partial charge on any atom is 0.737 e. The molecule has 5 rings (SSSR count). The molecule has 1 saturated heterocycles. The molecular formula is C40H52BF2N4O10S+. The first-order chi connectivity index (χ1) is 27.2. The van der Waals surface area contributed by atoms with E-state index in [1.54, 1.807) is 43.3 Å². The summed E-state index contributed by atoms with van der Waals surface area (Å²) in [6, 6.07) is 8.55. The molecule has 0 bridgehead atoms. The molecule has 4 heterocycles. The number of hydroxylamine groups is 2. The monoisotopic (exact) mass is 829 g/mol. The number of carbonyl (C=O) groups is 5. The van der Waals surface area contributed by atoms with E-state index in [2.05, 4.69) is 21.1 Å². The van der Waals surface area contributed by atoms with Gasteiger partial charge in [0, 0.05) is 79.8 Å². The Labute approximate surface area is 337 Å². The summed E-state index contributed by atoms with van der Waals surface area (Å²) in [7, 11) is 3.12. The molecule has 2 amide bonds. The Kier molecular flexibility index (Phi) is 13.7. The molecular weight excluding hydrogens is 777 g/mol. The van der Waals surface area contributed by atoms with Crippen molar-refractivity contribution in [3.8, 4) is 5.75 Å². The van der Waals surface area contributed by atoms with Crippen LogP contribution in [0.2, 0.25) is 0 Å². The predicted molar refractivity (Wildman–Crippen MR) is 211 cm³/mol. The third kappa shape index (κ3) is 10.8. The molecule has 1 atom stereocenters. The van der Waals surface area contributed by atoms with Gasteiger partial charge in [-0.2, -0.15) is 8.42 Å². The maximum absolute atomic E-state index is 17.1. The van der Waals surface area contributed by atoms with Gasteiger partial charge in [0.2, 0.25) is 0 Å². The van der Waals surface area contributed by atoms with Gasteiger partial charge in [0.05, 0.1) is 40.6 Å². The van der Waals surface area contributed by atoms with Gasteiger partial charge >= 0.3 is 12.9 Å². The van der Waals surface area contributed by atoms with Crippen molar-refractivity contribution in [1.82, 2.24) is 9.54 Å². The number of fused-ring (bicyclic) bond motifs is 2. The quantitative estimate of drug-likeness (QED) is 0.0605. The molecule has 0 aliphatic carbocycles. The second-order valence-corrected chi connectivity index (χ2v) is 17.7. The number of allylic oxidation sites excluding steroid dienone is 2. The highest BCUT2D eigenvalue weighted by molar-refractivity contribution is 7.85. The fraction of sp³-hybridized carbons (Fsp3) is 0.500. The van der Waals surface area contributed by atoms with Gasteiger partial charge in [-0.3, -0.25) is 23.7 Å². The Morgan fingerprint density at radius 2 is 1.60 bits per heavy atom. The molecule has 1 fully saturated rings. The van der Waals surface area contributed by atoms with Gasteiger partial charge in [0.25, 0.3) is 21.9 Å². The number of aryl methyl sites for hydroxylation is 2. The van der Waals surface area contributed by atoms with Gasteiger partial charge < -0.3 is 31.7 Å². The van der Waals surface area contributed by atoms with E-state index in [0.29, 0.717) is 51.9 Å². The first-order valence-electron chi connectivity index (χ1n) is 19.5. The standard InChI is InChI=1S/C40H51BF2N4O10S/c1-27-22-31(15-16-32(48)23-30(26-58(53,54)55)37(49)11-7-6-8-12-40(52)57-46-38(50)19-20-39(46)51)44-34(27)25-36-29(10-9-21-47(2,3)4)24-35(45(36)41(44,42)43)28-13-17-33(56-5)18-14-28/h13-14,17-18,22,24-25,30H,6-12,15-16,19-21,23,26H2,1-5H3/p+1. The number of unbranched alkanes of at least 4 members (excludes halogenated alkanes) is 2. The van der Waals surface area contributed by atoms with Crippen LogP contribution in [0.15, 0.2) is 47.7 Å². The fourth-order valence-corrected chi connectivity index (χ4v) is 8.48. The lowest BCUT2D eigenvalue weighted by Gasteiger charge is -2.32. The van der Waals surface area contributed by atoms with E-state index in [0.717, 1.165) is 32.0 Å². The zero-order chi connectivity index (χ0) is 42.6. The molecule has 314 valence electrons. The van der Waals surface area contributed by atoms with E-state index >= 15 is 8.63 Å². The van der Waals surface area contributed by atoms with Crippen molar-refractivity contribution in [3.05, 3.63) is 70.2 Å². The van der Waals surface area contributed by atoms with Crippen LogP contribution in [0, 0.1) is 12.8 Å². The summed E-state index contributed by atoms with van der Waals surface area (Å²) in [6.45, 7) is -1.87. The van der Waals surface area contributed by atoms with E-state index in [9.17, 15) is 36.9 Å². The number of aromatic nitrogens is 1. The largest absolute Gasteiger partial charge is 0.737 e. The maximum atomic E-state index is 17.1. The predicted octanol–water partition coefficient (Wildman–Crippen LogP) is 4.83. The van der Waals surface area contributed by atoms with Crippen molar-refractivity contribution in [2.75, 3.05) is 40.6 Å². The number of ether oxygens (including phenoxy) is 1. The molecule has 18 heteroatoms. The zero-order valence-electron chi connectivity index (χ0n) is 33.7. The number of halogens is 2. The van der Waals surface area contributed by atoms with E-state index < -0.39 is 64.5 Å². The molecule has 3 aliphatic heterocycles. The summed E-state index contributed by atoms with van der Waals surface area (Å²) >= 11 is 0. The van der Waals surface area contributed by atoms with Gasteiger partial charge in [-0.15, -0.1) is 5.06 Å². The van der Waals surface area contributed by atoms with Crippen molar-refractivity contribution in [1.29, 1.82) is 0 Å². The Morgan fingerprint density at radius 1 is 0.948 bits per heavy atom. The van der Waals surface area contributed by atoms with Crippen molar-refractivity contribution in [2.24, 2.45) is 5.92 Å². The first kappa shape index (κ1) is 44.3. The number of amides is 2. The third-order valence-electron chi connectivity index (χ3n) is 10.6.